The molecule has 0 bridgehead atoms. The van der Waals surface area contributed by atoms with Crippen molar-refractivity contribution in [2.75, 3.05) is 26.7 Å². The highest BCUT2D eigenvalue weighted by Gasteiger charge is 2.42. The third-order valence-corrected chi connectivity index (χ3v) is 3.12. The Labute approximate surface area is 100 Å². The molecule has 0 aromatic rings. The van der Waals surface area contributed by atoms with Gasteiger partial charge in [0.25, 0.3) is 0 Å². The van der Waals surface area contributed by atoms with Crippen LogP contribution in [0, 0.1) is 0 Å². The monoisotopic (exact) mass is 254 g/mol. The van der Waals surface area contributed by atoms with Crippen LogP contribution < -0.4 is 5.73 Å². The molecule has 1 heterocycles. The van der Waals surface area contributed by atoms with Gasteiger partial charge >= 0.3 is 6.18 Å². The molecule has 102 valence electrons. The van der Waals surface area contributed by atoms with Crippen molar-refractivity contribution in [3.05, 3.63) is 0 Å². The van der Waals surface area contributed by atoms with E-state index in [-0.39, 0.29) is 19.1 Å². The van der Waals surface area contributed by atoms with Gasteiger partial charge in [-0.1, -0.05) is 0 Å². The van der Waals surface area contributed by atoms with Gasteiger partial charge in [0.2, 0.25) is 0 Å². The summed E-state index contributed by atoms with van der Waals surface area (Å²) in [5.74, 6) is 0. The molecule has 0 saturated carbocycles. The fourth-order valence-corrected chi connectivity index (χ4v) is 2.19. The second kappa shape index (κ2) is 6.56. The molecule has 2 atom stereocenters. The minimum absolute atomic E-state index is 0.0417. The SMILES string of the molecule is CN(CC1CCCCO1)C(CCN)C(F)(F)F. The minimum Gasteiger partial charge on any atom is -0.377 e. The van der Waals surface area contributed by atoms with E-state index < -0.39 is 12.2 Å². The summed E-state index contributed by atoms with van der Waals surface area (Å²) in [7, 11) is 1.49. The molecule has 2 N–H and O–H groups in total. The number of ether oxygens (including phenoxy) is 1. The zero-order valence-corrected chi connectivity index (χ0v) is 10.2. The van der Waals surface area contributed by atoms with Gasteiger partial charge in [0.1, 0.15) is 6.04 Å². The van der Waals surface area contributed by atoms with E-state index in [9.17, 15) is 13.2 Å². The second-order valence-electron chi connectivity index (χ2n) is 4.56. The van der Waals surface area contributed by atoms with E-state index in [1.54, 1.807) is 0 Å². The van der Waals surface area contributed by atoms with Crippen molar-refractivity contribution in [3.8, 4) is 0 Å². The number of halogens is 3. The van der Waals surface area contributed by atoms with Gasteiger partial charge in [-0.05, 0) is 39.3 Å². The lowest BCUT2D eigenvalue weighted by Crippen LogP contribution is -2.48. The zero-order chi connectivity index (χ0) is 12.9. The van der Waals surface area contributed by atoms with E-state index >= 15 is 0 Å². The molecule has 0 amide bonds. The molecule has 0 aromatic heterocycles. The highest BCUT2D eigenvalue weighted by molar-refractivity contribution is 4.79. The summed E-state index contributed by atoms with van der Waals surface area (Å²) in [5, 5.41) is 0. The smallest absolute Gasteiger partial charge is 0.377 e. The lowest BCUT2D eigenvalue weighted by molar-refractivity contribution is -0.185. The van der Waals surface area contributed by atoms with Crippen LogP contribution in [0.4, 0.5) is 13.2 Å². The molecular formula is C11H21F3N2O. The molecule has 3 nitrogen and oxygen atoms in total. The summed E-state index contributed by atoms with van der Waals surface area (Å²) in [4.78, 5) is 1.32. The molecule has 0 aromatic carbocycles. The average Bonchev–Trinajstić information content (AvgIpc) is 2.25. The first kappa shape index (κ1) is 14.7. The molecule has 1 fully saturated rings. The summed E-state index contributed by atoms with van der Waals surface area (Å²) >= 11 is 0. The van der Waals surface area contributed by atoms with Crippen LogP contribution in [-0.2, 0) is 4.74 Å². The average molecular weight is 254 g/mol. The van der Waals surface area contributed by atoms with Gasteiger partial charge in [-0.2, -0.15) is 13.2 Å². The number of rotatable bonds is 5. The highest BCUT2D eigenvalue weighted by atomic mass is 19.4. The Kier molecular flexibility index (Phi) is 5.69. The number of nitrogens with two attached hydrogens (primary N) is 1. The lowest BCUT2D eigenvalue weighted by atomic mass is 10.1. The van der Waals surface area contributed by atoms with Gasteiger partial charge in [0.15, 0.2) is 0 Å². The van der Waals surface area contributed by atoms with Crippen LogP contribution in [0.5, 0.6) is 0 Å². The van der Waals surface area contributed by atoms with Gasteiger partial charge in [-0.15, -0.1) is 0 Å². The fourth-order valence-electron chi connectivity index (χ4n) is 2.19. The molecule has 1 aliphatic rings. The maximum Gasteiger partial charge on any atom is 0.404 e. The van der Waals surface area contributed by atoms with Gasteiger partial charge in [0.05, 0.1) is 6.10 Å². The maximum atomic E-state index is 12.8. The topological polar surface area (TPSA) is 38.5 Å². The first-order valence-electron chi connectivity index (χ1n) is 6.03. The lowest BCUT2D eigenvalue weighted by Gasteiger charge is -2.33. The normalized spacial score (nSPS) is 24.0. The van der Waals surface area contributed by atoms with E-state index in [1.807, 2.05) is 0 Å². The number of alkyl halides is 3. The van der Waals surface area contributed by atoms with E-state index in [0.29, 0.717) is 13.2 Å². The maximum absolute atomic E-state index is 12.8. The minimum atomic E-state index is -4.22. The molecule has 0 spiro atoms. The van der Waals surface area contributed by atoms with Crippen molar-refractivity contribution in [2.45, 2.75) is 44.0 Å². The predicted molar refractivity (Wildman–Crippen MR) is 59.7 cm³/mol. The van der Waals surface area contributed by atoms with E-state index in [0.717, 1.165) is 19.3 Å². The van der Waals surface area contributed by atoms with Crippen LogP contribution in [0.15, 0.2) is 0 Å². The molecule has 1 saturated heterocycles. The van der Waals surface area contributed by atoms with Crippen LogP contribution in [0.25, 0.3) is 0 Å². The van der Waals surface area contributed by atoms with Crippen molar-refractivity contribution in [3.63, 3.8) is 0 Å². The van der Waals surface area contributed by atoms with Crippen molar-refractivity contribution in [1.82, 2.24) is 4.90 Å². The molecule has 17 heavy (non-hydrogen) atoms. The van der Waals surface area contributed by atoms with Gasteiger partial charge in [-0.25, -0.2) is 0 Å². The summed E-state index contributed by atoms with van der Waals surface area (Å²) in [5.41, 5.74) is 5.24. The molecule has 2 unspecified atom stereocenters. The quantitative estimate of drug-likeness (QED) is 0.812. The van der Waals surface area contributed by atoms with Crippen molar-refractivity contribution in [1.29, 1.82) is 0 Å². The Morgan fingerprint density at radius 1 is 1.41 bits per heavy atom. The highest BCUT2D eigenvalue weighted by Crippen LogP contribution is 2.27. The molecular weight excluding hydrogens is 233 g/mol. The number of likely N-dealkylation sites (N-methyl/N-ethyl adjacent to an activating group) is 1. The largest absolute Gasteiger partial charge is 0.404 e. The van der Waals surface area contributed by atoms with Crippen molar-refractivity contribution < 1.29 is 17.9 Å². The van der Waals surface area contributed by atoms with E-state index in [4.69, 9.17) is 10.5 Å². The molecule has 6 heteroatoms. The number of nitrogens with zero attached hydrogens (tertiary/aromatic N) is 1. The Bertz CT molecular complexity index is 217. The predicted octanol–water partition coefficient (Wildman–Crippen LogP) is 1.77. The Balaban J connectivity index is 2.48. The number of hydrogen-bond acceptors (Lipinski definition) is 3. The Morgan fingerprint density at radius 3 is 2.59 bits per heavy atom. The third-order valence-electron chi connectivity index (χ3n) is 3.12. The standard InChI is InChI=1S/C11H21F3N2O/c1-16(8-9-4-2-3-7-17-9)10(5-6-15)11(12,13)14/h9-10H,2-8,15H2,1H3. The summed E-state index contributed by atoms with van der Waals surface area (Å²) in [6.45, 7) is 1.02. The third kappa shape index (κ3) is 4.81. The second-order valence-corrected chi connectivity index (χ2v) is 4.56. The Morgan fingerprint density at radius 2 is 2.12 bits per heavy atom. The fraction of sp³-hybridized carbons (Fsp3) is 1.00. The molecule has 1 rings (SSSR count). The molecule has 0 aliphatic carbocycles. The van der Waals surface area contributed by atoms with E-state index in [1.165, 1.54) is 11.9 Å². The summed E-state index contributed by atoms with van der Waals surface area (Å²) < 4.78 is 43.8. The summed E-state index contributed by atoms with van der Waals surface area (Å²) in [6, 6.07) is -1.46. The van der Waals surface area contributed by atoms with Crippen LogP contribution in [-0.4, -0.2) is 50.0 Å². The first-order valence-corrected chi connectivity index (χ1v) is 6.03. The summed E-state index contributed by atoms with van der Waals surface area (Å²) in [6.07, 6.45) is -1.47. The van der Waals surface area contributed by atoms with Crippen LogP contribution >= 0.6 is 0 Å². The van der Waals surface area contributed by atoms with Gasteiger partial charge in [-0.3, -0.25) is 4.90 Å². The van der Waals surface area contributed by atoms with Crippen LogP contribution in [0.1, 0.15) is 25.7 Å². The zero-order valence-electron chi connectivity index (χ0n) is 10.2. The first-order chi connectivity index (χ1) is 7.95. The molecule has 0 radical (unpaired) electrons. The number of hydrogen-bond donors (Lipinski definition) is 1. The van der Waals surface area contributed by atoms with Crippen molar-refractivity contribution in [2.24, 2.45) is 5.73 Å². The van der Waals surface area contributed by atoms with Crippen molar-refractivity contribution >= 4 is 0 Å². The Hall–Kier alpha value is -0.330. The van der Waals surface area contributed by atoms with Gasteiger partial charge in [0, 0.05) is 13.2 Å². The van der Waals surface area contributed by atoms with E-state index in [2.05, 4.69) is 0 Å². The van der Waals surface area contributed by atoms with Crippen LogP contribution in [0.2, 0.25) is 0 Å². The molecule has 1 aliphatic heterocycles. The van der Waals surface area contributed by atoms with Gasteiger partial charge < -0.3 is 10.5 Å². The van der Waals surface area contributed by atoms with Crippen LogP contribution in [0.3, 0.4) is 0 Å².